The van der Waals surface area contributed by atoms with E-state index in [4.69, 9.17) is 0 Å². The number of carboxylic acids is 1. The number of rotatable bonds is 39. The molecule has 1 atom stereocenters. The highest BCUT2D eigenvalue weighted by Crippen LogP contribution is 2.15. The monoisotopic (exact) mass is 760 g/mol. The molecule has 0 aliphatic rings. The van der Waals surface area contributed by atoms with Crippen molar-refractivity contribution in [3.63, 3.8) is 0 Å². The zero-order valence-corrected chi connectivity index (χ0v) is 35.1. The second kappa shape index (κ2) is 42.5. The van der Waals surface area contributed by atoms with E-state index in [-0.39, 0.29) is 13.0 Å². The van der Waals surface area contributed by atoms with Crippen molar-refractivity contribution in [2.45, 2.75) is 219 Å². The van der Waals surface area contributed by atoms with E-state index in [0.29, 0.717) is 19.1 Å². The minimum atomic E-state index is -4.41. The Labute approximate surface area is 322 Å². The zero-order chi connectivity index (χ0) is 38.8. The maximum atomic E-state index is 11.3. The van der Waals surface area contributed by atoms with Gasteiger partial charge in [-0.15, -0.1) is 0 Å². The van der Waals surface area contributed by atoms with Crippen molar-refractivity contribution < 1.29 is 37.1 Å². The molecule has 8 nitrogen and oxygen atoms in total. The van der Waals surface area contributed by atoms with Crippen molar-refractivity contribution in [1.82, 2.24) is 0 Å². The SMILES string of the molecule is CCCCCCCC/C=C\CCCCCCCCC(CCCCCCCC/C=C\CCCCCCCC)[NH+](CCO)CCC(=O)O.COS(=O)(=O)[O-]. The van der Waals surface area contributed by atoms with Crippen LogP contribution in [0, 0.1) is 0 Å². The highest BCUT2D eigenvalue weighted by molar-refractivity contribution is 7.80. The Balaban J connectivity index is 0. The number of carbonyl (C=O) groups is 1. The van der Waals surface area contributed by atoms with Gasteiger partial charge in [0.05, 0.1) is 32.7 Å². The second-order valence-corrected chi connectivity index (χ2v) is 15.9. The summed E-state index contributed by atoms with van der Waals surface area (Å²) < 4.78 is 31.0. The fourth-order valence-electron chi connectivity index (χ4n) is 6.77. The van der Waals surface area contributed by atoms with E-state index in [0.717, 1.165) is 7.11 Å². The lowest BCUT2D eigenvalue weighted by Gasteiger charge is -2.28. The molecule has 0 aromatic heterocycles. The summed E-state index contributed by atoms with van der Waals surface area (Å²) in [6, 6.07) is 0.486. The molecule has 0 aromatic carbocycles. The highest BCUT2D eigenvalue weighted by Gasteiger charge is 2.22. The van der Waals surface area contributed by atoms with Crippen LogP contribution in [-0.2, 0) is 19.4 Å². The number of unbranched alkanes of at least 4 members (excludes halogenated alkanes) is 24. The van der Waals surface area contributed by atoms with Gasteiger partial charge in [-0.05, 0) is 77.0 Å². The smallest absolute Gasteiger partial charge is 0.309 e. The fourth-order valence-corrected chi connectivity index (χ4v) is 6.77. The summed E-state index contributed by atoms with van der Waals surface area (Å²) >= 11 is 0. The normalized spacial score (nSPS) is 12.6. The molecule has 1 unspecified atom stereocenters. The first-order valence-electron chi connectivity index (χ1n) is 21.7. The van der Waals surface area contributed by atoms with Gasteiger partial charge in [0, 0.05) is 0 Å². The topological polar surface area (TPSA) is 128 Å². The van der Waals surface area contributed by atoms with Gasteiger partial charge in [-0.1, -0.05) is 154 Å². The number of carboxylic acid groups (broad SMARTS) is 1. The predicted octanol–water partition coefficient (Wildman–Crippen LogP) is 10.7. The van der Waals surface area contributed by atoms with E-state index in [1.807, 2.05) is 0 Å². The average Bonchev–Trinajstić information content (AvgIpc) is 3.12. The third-order valence-electron chi connectivity index (χ3n) is 10.0. The van der Waals surface area contributed by atoms with Gasteiger partial charge in [0.1, 0.15) is 6.54 Å². The first-order valence-corrected chi connectivity index (χ1v) is 23.0. The minimum Gasteiger partial charge on any atom is -0.726 e. The van der Waals surface area contributed by atoms with Gasteiger partial charge in [-0.25, -0.2) is 8.42 Å². The minimum absolute atomic E-state index is 0.145. The fraction of sp³-hybridized carbons (Fsp3) is 0.884. The molecule has 0 heterocycles. The van der Waals surface area contributed by atoms with Crippen molar-refractivity contribution in [1.29, 1.82) is 0 Å². The molecule has 52 heavy (non-hydrogen) atoms. The Morgan fingerprint density at radius 2 is 0.904 bits per heavy atom. The van der Waals surface area contributed by atoms with Crippen LogP contribution in [0.4, 0.5) is 0 Å². The molecule has 310 valence electrons. The van der Waals surface area contributed by atoms with E-state index in [1.54, 1.807) is 0 Å². The summed E-state index contributed by atoms with van der Waals surface area (Å²) in [5, 5.41) is 19.0. The lowest BCUT2D eigenvalue weighted by atomic mass is 9.98. The maximum Gasteiger partial charge on any atom is 0.309 e. The molecule has 0 aromatic rings. The third kappa shape index (κ3) is 44.9. The number of aliphatic carboxylic acids is 1. The largest absolute Gasteiger partial charge is 0.726 e. The molecule has 0 radical (unpaired) electrons. The Morgan fingerprint density at radius 3 is 1.19 bits per heavy atom. The summed E-state index contributed by atoms with van der Waals surface area (Å²) in [5.41, 5.74) is 0. The quantitative estimate of drug-likeness (QED) is 0.0246. The number of nitrogens with one attached hydrogen (secondary N) is 1. The molecule has 0 fully saturated rings. The van der Waals surface area contributed by atoms with Crippen LogP contribution >= 0.6 is 0 Å². The van der Waals surface area contributed by atoms with Crippen LogP contribution in [0.25, 0.3) is 0 Å². The molecule has 0 aliphatic heterocycles. The average molecular weight is 760 g/mol. The number of quaternary nitrogens is 1. The van der Waals surface area contributed by atoms with E-state index < -0.39 is 16.4 Å². The molecule has 0 saturated carbocycles. The van der Waals surface area contributed by atoms with Crippen LogP contribution in [0.5, 0.6) is 0 Å². The van der Waals surface area contributed by atoms with Gasteiger partial charge in [0.15, 0.2) is 0 Å². The predicted molar refractivity (Wildman–Crippen MR) is 219 cm³/mol. The molecule has 0 spiro atoms. The van der Waals surface area contributed by atoms with Gasteiger partial charge in [-0.3, -0.25) is 8.98 Å². The van der Waals surface area contributed by atoms with Crippen LogP contribution in [0.15, 0.2) is 24.3 Å². The van der Waals surface area contributed by atoms with Crippen LogP contribution in [-0.4, -0.2) is 62.0 Å². The molecule has 0 amide bonds. The maximum absolute atomic E-state index is 11.3. The van der Waals surface area contributed by atoms with Crippen molar-refractivity contribution in [3.05, 3.63) is 24.3 Å². The first kappa shape index (κ1) is 52.8. The Kier molecular flexibility index (Phi) is 43.2. The zero-order valence-electron chi connectivity index (χ0n) is 34.3. The van der Waals surface area contributed by atoms with Crippen LogP contribution in [0.2, 0.25) is 0 Å². The third-order valence-corrected chi connectivity index (χ3v) is 10.4. The van der Waals surface area contributed by atoms with Crippen molar-refractivity contribution in [2.24, 2.45) is 0 Å². The van der Waals surface area contributed by atoms with Crippen LogP contribution in [0.3, 0.4) is 0 Å². The molecular formula is C43H85NO7S. The second-order valence-electron chi connectivity index (χ2n) is 14.8. The van der Waals surface area contributed by atoms with Crippen LogP contribution < -0.4 is 4.90 Å². The van der Waals surface area contributed by atoms with Crippen molar-refractivity contribution >= 4 is 16.4 Å². The lowest BCUT2D eigenvalue weighted by Crippen LogP contribution is -3.16. The standard InChI is InChI=1S/C42H81NO3.CH4O4S/c1-3-5-7-9-11-13-15-17-19-21-23-25-27-29-31-33-35-41(43(39-40-44)38-37-42(45)46)36-34-32-30-28-26-24-22-20-18-16-14-12-10-8-6-4-2;1-5-6(2,3)4/h17-20,41,44H,3-16,21-40H2,1-2H3,(H,45,46);1H3,(H,2,3,4)/b19-17-,20-18-;. The molecule has 9 heteroatoms. The van der Waals surface area contributed by atoms with E-state index in [1.165, 1.54) is 198 Å². The Bertz CT molecular complexity index is 852. The van der Waals surface area contributed by atoms with Gasteiger partial charge in [0.2, 0.25) is 10.4 Å². The summed E-state index contributed by atoms with van der Waals surface area (Å²) in [4.78, 5) is 12.6. The van der Waals surface area contributed by atoms with Gasteiger partial charge in [-0.2, -0.15) is 0 Å². The number of aliphatic hydroxyl groups excluding tert-OH is 1. The first-order chi connectivity index (χ1) is 25.2. The summed E-state index contributed by atoms with van der Waals surface area (Å²) in [6.07, 6.45) is 49.3. The molecule has 0 saturated heterocycles. The molecule has 0 rings (SSSR count). The van der Waals surface area contributed by atoms with Gasteiger partial charge in [0.25, 0.3) is 0 Å². The molecule has 0 bridgehead atoms. The Hall–Kier alpha value is -1.26. The number of hydrogen-bond acceptors (Lipinski definition) is 6. The molecule has 0 aliphatic carbocycles. The van der Waals surface area contributed by atoms with E-state index in [2.05, 4.69) is 42.3 Å². The number of aliphatic hydroxyl groups is 1. The van der Waals surface area contributed by atoms with Crippen molar-refractivity contribution in [2.75, 3.05) is 26.8 Å². The summed E-state index contributed by atoms with van der Waals surface area (Å²) in [6.45, 7) is 6.02. The van der Waals surface area contributed by atoms with Crippen LogP contribution in [0.1, 0.15) is 213 Å². The van der Waals surface area contributed by atoms with Crippen molar-refractivity contribution in [3.8, 4) is 0 Å². The molecule has 3 N–H and O–H groups in total. The summed E-state index contributed by atoms with van der Waals surface area (Å²) in [5.74, 6) is -0.719. The Morgan fingerprint density at radius 1 is 0.596 bits per heavy atom. The highest BCUT2D eigenvalue weighted by atomic mass is 32.3. The molecular weight excluding hydrogens is 675 g/mol. The lowest BCUT2D eigenvalue weighted by molar-refractivity contribution is -0.926. The number of hydrogen-bond donors (Lipinski definition) is 3. The summed E-state index contributed by atoms with van der Waals surface area (Å²) in [7, 11) is -3.60. The van der Waals surface area contributed by atoms with Gasteiger partial charge >= 0.3 is 5.97 Å². The van der Waals surface area contributed by atoms with Gasteiger partial charge < -0.3 is 19.7 Å². The van der Waals surface area contributed by atoms with E-state index >= 15 is 0 Å². The number of allylic oxidation sites excluding steroid dienone is 4. The van der Waals surface area contributed by atoms with E-state index in [9.17, 15) is 28.0 Å².